The lowest BCUT2D eigenvalue weighted by atomic mass is 10.2. The number of carbonyl (C=O) groups is 1. The average Bonchev–Trinajstić information content (AvgIpc) is 3.04. The van der Waals surface area contributed by atoms with Crippen LogP contribution in [0, 0.1) is 6.92 Å². The number of aromatic nitrogens is 2. The van der Waals surface area contributed by atoms with Crippen molar-refractivity contribution in [2.24, 2.45) is 0 Å². The molecule has 1 N–H and O–H groups in total. The molecule has 0 saturated heterocycles. The largest absolute Gasteiger partial charge is 0.489 e. The van der Waals surface area contributed by atoms with Crippen LogP contribution in [0.4, 0.5) is 5.13 Å². The molecule has 0 fully saturated rings. The molecule has 0 aliphatic rings. The third-order valence-electron chi connectivity index (χ3n) is 3.29. The summed E-state index contributed by atoms with van der Waals surface area (Å²) in [6, 6.07) is 17.6. The zero-order valence-electron chi connectivity index (χ0n) is 13.7. The monoisotopic (exact) mass is 351 g/mol. The van der Waals surface area contributed by atoms with Gasteiger partial charge in [0.25, 0.3) is 0 Å². The normalized spacial score (nSPS) is 10.8. The highest BCUT2D eigenvalue weighted by atomic mass is 32.1. The van der Waals surface area contributed by atoms with Gasteiger partial charge >= 0.3 is 0 Å². The number of rotatable bonds is 6. The van der Waals surface area contributed by atoms with Gasteiger partial charge in [0.2, 0.25) is 11.0 Å². The number of aryl methyl sites for hydroxylation is 1. The number of ether oxygens (including phenoxy) is 1. The Morgan fingerprint density at radius 1 is 1.16 bits per heavy atom. The summed E-state index contributed by atoms with van der Waals surface area (Å²) in [4.78, 5) is 11.9. The Balaban J connectivity index is 1.58. The third-order valence-corrected chi connectivity index (χ3v) is 4.04. The van der Waals surface area contributed by atoms with Crippen molar-refractivity contribution in [3.05, 3.63) is 76.8 Å². The van der Waals surface area contributed by atoms with Crippen molar-refractivity contribution in [3.63, 3.8) is 0 Å². The van der Waals surface area contributed by atoms with Crippen molar-refractivity contribution < 1.29 is 9.53 Å². The Labute approximate surface area is 150 Å². The van der Waals surface area contributed by atoms with Crippen LogP contribution in [0.5, 0.6) is 5.75 Å². The Morgan fingerprint density at radius 2 is 2.00 bits per heavy atom. The molecule has 0 radical (unpaired) electrons. The van der Waals surface area contributed by atoms with Gasteiger partial charge in [-0.1, -0.05) is 53.8 Å². The fourth-order valence-corrected chi connectivity index (χ4v) is 2.71. The molecule has 1 amide bonds. The molecule has 0 spiro atoms. The first-order valence-corrected chi connectivity index (χ1v) is 8.57. The zero-order chi connectivity index (χ0) is 17.5. The Bertz CT molecular complexity index is 875. The molecule has 6 heteroatoms. The summed E-state index contributed by atoms with van der Waals surface area (Å²) in [6.07, 6.45) is 3.20. The highest BCUT2D eigenvalue weighted by Crippen LogP contribution is 2.17. The quantitative estimate of drug-likeness (QED) is 0.680. The van der Waals surface area contributed by atoms with Gasteiger partial charge in [-0.15, -0.1) is 10.2 Å². The van der Waals surface area contributed by atoms with E-state index < -0.39 is 0 Å². The van der Waals surface area contributed by atoms with E-state index in [1.807, 2.05) is 61.5 Å². The lowest BCUT2D eigenvalue weighted by Gasteiger charge is -2.06. The van der Waals surface area contributed by atoms with Gasteiger partial charge < -0.3 is 4.74 Å². The van der Waals surface area contributed by atoms with Gasteiger partial charge in [0.05, 0.1) is 0 Å². The second kappa shape index (κ2) is 8.21. The number of benzene rings is 2. The van der Waals surface area contributed by atoms with E-state index in [9.17, 15) is 4.79 Å². The van der Waals surface area contributed by atoms with Crippen LogP contribution in [-0.4, -0.2) is 16.1 Å². The van der Waals surface area contributed by atoms with Crippen molar-refractivity contribution in [3.8, 4) is 5.75 Å². The molecule has 0 bridgehead atoms. The average molecular weight is 351 g/mol. The molecule has 25 heavy (non-hydrogen) atoms. The first-order chi connectivity index (χ1) is 12.2. The Hall–Kier alpha value is -2.99. The van der Waals surface area contributed by atoms with Gasteiger partial charge in [0.15, 0.2) is 0 Å². The van der Waals surface area contributed by atoms with Gasteiger partial charge in [0, 0.05) is 6.08 Å². The first kappa shape index (κ1) is 16.9. The van der Waals surface area contributed by atoms with E-state index in [2.05, 4.69) is 15.5 Å². The first-order valence-electron chi connectivity index (χ1n) is 7.75. The van der Waals surface area contributed by atoms with Crippen molar-refractivity contribution in [2.45, 2.75) is 13.5 Å². The number of amides is 1. The number of hydrogen-bond donors (Lipinski definition) is 1. The molecule has 0 aliphatic carbocycles. The molecular weight excluding hydrogens is 334 g/mol. The standard InChI is InChI=1S/C19H17N3O2S/c1-14-21-22-19(25-14)20-18(23)11-10-15-8-5-9-17(12-15)24-13-16-6-3-2-4-7-16/h2-12H,13H2,1H3,(H,20,22,23)/b11-10+. The molecule has 0 atom stereocenters. The molecule has 1 heterocycles. The van der Waals surface area contributed by atoms with E-state index in [4.69, 9.17) is 4.74 Å². The summed E-state index contributed by atoms with van der Waals surface area (Å²) in [5.41, 5.74) is 1.99. The van der Waals surface area contributed by atoms with Crippen LogP contribution in [-0.2, 0) is 11.4 Å². The topological polar surface area (TPSA) is 64.1 Å². The van der Waals surface area contributed by atoms with Gasteiger partial charge in [0.1, 0.15) is 17.4 Å². The molecule has 0 unspecified atom stereocenters. The second-order valence-corrected chi connectivity index (χ2v) is 6.48. The lowest BCUT2D eigenvalue weighted by Crippen LogP contribution is -2.07. The van der Waals surface area contributed by atoms with Gasteiger partial charge in [-0.3, -0.25) is 10.1 Å². The van der Waals surface area contributed by atoms with Crippen LogP contribution >= 0.6 is 11.3 Å². The number of nitrogens with zero attached hydrogens (tertiary/aromatic N) is 2. The molecule has 126 valence electrons. The van der Waals surface area contributed by atoms with E-state index in [-0.39, 0.29) is 5.91 Å². The molecule has 3 aromatic rings. The molecule has 3 rings (SSSR count). The molecule has 0 aliphatic heterocycles. The van der Waals surface area contributed by atoms with Crippen molar-refractivity contribution in [1.82, 2.24) is 10.2 Å². The summed E-state index contributed by atoms with van der Waals surface area (Å²) >= 11 is 1.34. The van der Waals surface area contributed by atoms with E-state index in [1.165, 1.54) is 17.4 Å². The van der Waals surface area contributed by atoms with Gasteiger partial charge in [-0.05, 0) is 36.3 Å². The highest BCUT2D eigenvalue weighted by Gasteiger charge is 2.03. The molecule has 0 saturated carbocycles. The smallest absolute Gasteiger partial charge is 0.250 e. The molecule has 1 aromatic heterocycles. The van der Waals surface area contributed by atoms with Crippen LogP contribution in [0.15, 0.2) is 60.7 Å². The summed E-state index contributed by atoms with van der Waals surface area (Å²) < 4.78 is 5.79. The maximum Gasteiger partial charge on any atom is 0.250 e. The summed E-state index contributed by atoms with van der Waals surface area (Å²) in [7, 11) is 0. The SMILES string of the molecule is Cc1nnc(NC(=O)/C=C/c2cccc(OCc3ccccc3)c2)s1. The number of anilines is 1. The zero-order valence-corrected chi connectivity index (χ0v) is 14.5. The van der Waals surface area contributed by atoms with Crippen LogP contribution in [0.3, 0.4) is 0 Å². The van der Waals surface area contributed by atoms with E-state index >= 15 is 0 Å². The van der Waals surface area contributed by atoms with Crippen molar-refractivity contribution in [2.75, 3.05) is 5.32 Å². The number of nitrogens with one attached hydrogen (secondary N) is 1. The maximum absolute atomic E-state index is 11.9. The van der Waals surface area contributed by atoms with Crippen molar-refractivity contribution >= 4 is 28.5 Å². The van der Waals surface area contributed by atoms with Crippen LogP contribution < -0.4 is 10.1 Å². The van der Waals surface area contributed by atoms with E-state index in [0.717, 1.165) is 21.9 Å². The van der Waals surface area contributed by atoms with Gasteiger partial charge in [-0.25, -0.2) is 0 Å². The molecule has 5 nitrogen and oxygen atoms in total. The maximum atomic E-state index is 11.9. The minimum absolute atomic E-state index is 0.244. The fraction of sp³-hybridized carbons (Fsp3) is 0.105. The van der Waals surface area contributed by atoms with Gasteiger partial charge in [-0.2, -0.15) is 0 Å². The summed E-state index contributed by atoms with van der Waals surface area (Å²) in [5, 5.41) is 11.7. The van der Waals surface area contributed by atoms with E-state index in [1.54, 1.807) is 6.08 Å². The number of hydrogen-bond acceptors (Lipinski definition) is 5. The predicted molar refractivity (Wildman–Crippen MR) is 99.5 cm³/mol. The Morgan fingerprint density at radius 3 is 2.76 bits per heavy atom. The number of carbonyl (C=O) groups excluding carboxylic acids is 1. The van der Waals surface area contributed by atoms with Crippen LogP contribution in [0.2, 0.25) is 0 Å². The van der Waals surface area contributed by atoms with Crippen LogP contribution in [0.25, 0.3) is 6.08 Å². The van der Waals surface area contributed by atoms with Crippen molar-refractivity contribution in [1.29, 1.82) is 0 Å². The van der Waals surface area contributed by atoms with E-state index in [0.29, 0.717) is 11.7 Å². The fourth-order valence-electron chi connectivity index (χ4n) is 2.11. The third kappa shape index (κ3) is 5.26. The minimum Gasteiger partial charge on any atom is -0.489 e. The molecule has 2 aromatic carbocycles. The highest BCUT2D eigenvalue weighted by molar-refractivity contribution is 7.15. The summed E-state index contributed by atoms with van der Waals surface area (Å²) in [6.45, 7) is 2.34. The second-order valence-electron chi connectivity index (χ2n) is 5.30. The Kier molecular flexibility index (Phi) is 5.53. The summed E-state index contributed by atoms with van der Waals surface area (Å²) in [5.74, 6) is 0.512. The van der Waals surface area contributed by atoms with Crippen LogP contribution in [0.1, 0.15) is 16.1 Å². The predicted octanol–water partition coefficient (Wildman–Crippen LogP) is 4.08. The lowest BCUT2D eigenvalue weighted by molar-refractivity contribution is -0.111. The minimum atomic E-state index is -0.244. The molecular formula is C19H17N3O2S.